The van der Waals surface area contributed by atoms with Gasteiger partial charge in [-0.1, -0.05) is 55.0 Å². The molecular formula is C29H34N2O4. The number of aliphatic carboxylic acids is 1. The third kappa shape index (κ3) is 5.77. The van der Waals surface area contributed by atoms with E-state index in [1.807, 2.05) is 62.6 Å². The first-order valence-electron chi connectivity index (χ1n) is 12.1. The number of likely N-dealkylation sites (tertiary alicyclic amines) is 1. The van der Waals surface area contributed by atoms with Gasteiger partial charge in [0.2, 0.25) is 0 Å². The number of nitrogens with zero attached hydrogens (tertiary/aromatic N) is 2. The van der Waals surface area contributed by atoms with E-state index in [0.29, 0.717) is 24.5 Å². The van der Waals surface area contributed by atoms with Crippen molar-refractivity contribution >= 4 is 11.7 Å². The summed E-state index contributed by atoms with van der Waals surface area (Å²) >= 11 is 0. The summed E-state index contributed by atoms with van der Waals surface area (Å²) in [5.74, 6) is 0.529. The minimum Gasteiger partial charge on any atom is -0.493 e. The van der Waals surface area contributed by atoms with Gasteiger partial charge in [-0.25, -0.2) is 0 Å². The van der Waals surface area contributed by atoms with Crippen molar-refractivity contribution in [3.8, 4) is 11.5 Å². The molecule has 35 heavy (non-hydrogen) atoms. The maximum absolute atomic E-state index is 12.2. The van der Waals surface area contributed by atoms with Crippen molar-refractivity contribution in [3.05, 3.63) is 89.5 Å². The maximum Gasteiger partial charge on any atom is 0.320 e. The molecule has 184 valence electrons. The van der Waals surface area contributed by atoms with Gasteiger partial charge in [-0.05, 0) is 60.3 Å². The Kier molecular flexibility index (Phi) is 7.93. The normalized spacial score (nSPS) is 16.9. The number of anilines is 1. The zero-order valence-corrected chi connectivity index (χ0v) is 20.7. The molecule has 2 unspecified atom stereocenters. The molecule has 4 rings (SSSR count). The van der Waals surface area contributed by atoms with E-state index in [2.05, 4.69) is 34.1 Å². The number of benzene rings is 3. The van der Waals surface area contributed by atoms with Gasteiger partial charge in [-0.3, -0.25) is 9.69 Å². The average Bonchev–Trinajstić information content (AvgIpc) is 2.89. The Morgan fingerprint density at radius 2 is 1.71 bits per heavy atom. The second kappa shape index (κ2) is 11.3. The van der Waals surface area contributed by atoms with Crippen LogP contribution in [0.5, 0.6) is 11.5 Å². The molecule has 0 amide bonds. The minimum atomic E-state index is -0.769. The van der Waals surface area contributed by atoms with E-state index in [1.165, 1.54) is 0 Å². The summed E-state index contributed by atoms with van der Waals surface area (Å²) in [6, 6.07) is 23.6. The number of carboxylic acids is 1. The Bertz CT molecular complexity index is 1120. The van der Waals surface area contributed by atoms with E-state index < -0.39 is 12.0 Å². The highest BCUT2D eigenvalue weighted by molar-refractivity contribution is 5.73. The highest BCUT2D eigenvalue weighted by Crippen LogP contribution is 2.39. The molecule has 0 aromatic heterocycles. The van der Waals surface area contributed by atoms with Gasteiger partial charge in [-0.2, -0.15) is 0 Å². The van der Waals surface area contributed by atoms with Crippen molar-refractivity contribution in [1.82, 2.24) is 4.90 Å². The summed E-state index contributed by atoms with van der Waals surface area (Å²) in [6.45, 7) is 1.17. The van der Waals surface area contributed by atoms with Crippen LogP contribution in [0.4, 0.5) is 5.69 Å². The molecule has 1 fully saturated rings. The van der Waals surface area contributed by atoms with E-state index in [-0.39, 0.29) is 6.04 Å². The highest BCUT2D eigenvalue weighted by atomic mass is 16.5. The highest BCUT2D eigenvalue weighted by Gasteiger charge is 2.35. The molecule has 0 aliphatic carbocycles. The molecule has 3 aromatic rings. The molecule has 6 heteroatoms. The van der Waals surface area contributed by atoms with Crippen molar-refractivity contribution in [2.24, 2.45) is 0 Å². The van der Waals surface area contributed by atoms with E-state index in [1.54, 1.807) is 7.11 Å². The second-order valence-electron chi connectivity index (χ2n) is 9.16. The lowest BCUT2D eigenvalue weighted by molar-refractivity contribution is -0.145. The number of hydrogen-bond donors (Lipinski definition) is 1. The number of piperidine rings is 1. The minimum absolute atomic E-state index is 0.204. The maximum atomic E-state index is 12.2. The molecule has 0 bridgehead atoms. The van der Waals surface area contributed by atoms with Crippen LogP contribution in [0.1, 0.15) is 42.0 Å². The van der Waals surface area contributed by atoms with Crippen molar-refractivity contribution in [3.63, 3.8) is 0 Å². The van der Waals surface area contributed by atoms with Gasteiger partial charge in [0.1, 0.15) is 12.6 Å². The van der Waals surface area contributed by atoms with Crippen LogP contribution in [0, 0.1) is 0 Å². The molecule has 1 aliphatic rings. The zero-order chi connectivity index (χ0) is 24.8. The monoisotopic (exact) mass is 474 g/mol. The molecule has 3 aromatic carbocycles. The largest absolute Gasteiger partial charge is 0.493 e. The summed E-state index contributed by atoms with van der Waals surface area (Å²) in [7, 11) is 5.66. The lowest BCUT2D eigenvalue weighted by Gasteiger charge is -2.40. The van der Waals surface area contributed by atoms with Crippen molar-refractivity contribution < 1.29 is 19.4 Å². The predicted molar refractivity (Wildman–Crippen MR) is 138 cm³/mol. The Hall–Kier alpha value is -3.51. The molecule has 2 atom stereocenters. The molecular weight excluding hydrogens is 440 g/mol. The van der Waals surface area contributed by atoms with Gasteiger partial charge in [0.15, 0.2) is 11.5 Å². The molecule has 0 spiro atoms. The summed E-state index contributed by atoms with van der Waals surface area (Å²) < 4.78 is 11.8. The van der Waals surface area contributed by atoms with Gasteiger partial charge in [0.25, 0.3) is 0 Å². The van der Waals surface area contributed by atoms with Crippen LogP contribution in [0.2, 0.25) is 0 Å². The van der Waals surface area contributed by atoms with Crippen LogP contribution in [0.25, 0.3) is 0 Å². The Balaban J connectivity index is 1.69. The fourth-order valence-corrected chi connectivity index (χ4v) is 4.77. The van der Waals surface area contributed by atoms with Crippen molar-refractivity contribution in [2.75, 3.05) is 32.6 Å². The van der Waals surface area contributed by atoms with Gasteiger partial charge in [0, 0.05) is 19.8 Å². The number of carbonyl (C=O) groups is 1. The standard InChI is InChI=1S/C29H34N2O4/c1-30(2)24-15-12-22(13-16-24)28(31-18-8-7-11-25(31)29(32)33)23-14-17-26(27(19-23)34-3)35-20-21-9-5-4-6-10-21/h4-6,9-10,12-17,19,25,28H,7-8,11,18,20H2,1-3H3,(H,32,33). The summed E-state index contributed by atoms with van der Waals surface area (Å²) in [4.78, 5) is 16.4. The quantitative estimate of drug-likeness (QED) is 0.450. The Morgan fingerprint density at radius 3 is 2.37 bits per heavy atom. The number of hydrogen-bond acceptors (Lipinski definition) is 5. The summed E-state index contributed by atoms with van der Waals surface area (Å²) in [6.07, 6.45) is 2.55. The Morgan fingerprint density at radius 1 is 1.00 bits per heavy atom. The summed E-state index contributed by atoms with van der Waals surface area (Å²) in [5, 5.41) is 10.00. The van der Waals surface area contributed by atoms with Crippen molar-refractivity contribution in [2.45, 2.75) is 38.0 Å². The zero-order valence-electron chi connectivity index (χ0n) is 20.7. The lowest BCUT2D eigenvalue weighted by atomic mass is 9.91. The van der Waals surface area contributed by atoms with E-state index in [9.17, 15) is 9.90 Å². The fraction of sp³-hybridized carbons (Fsp3) is 0.345. The smallest absolute Gasteiger partial charge is 0.320 e. The van der Waals surface area contributed by atoms with E-state index in [4.69, 9.17) is 9.47 Å². The first-order valence-corrected chi connectivity index (χ1v) is 12.1. The number of ether oxygens (including phenoxy) is 2. The number of carboxylic acid groups (broad SMARTS) is 1. The SMILES string of the molecule is COc1cc(C(c2ccc(N(C)C)cc2)N2CCCCC2C(=O)O)ccc1OCc1ccccc1. The molecule has 6 nitrogen and oxygen atoms in total. The van der Waals surface area contributed by atoms with Crippen LogP contribution < -0.4 is 14.4 Å². The van der Waals surface area contributed by atoms with E-state index in [0.717, 1.165) is 41.8 Å². The topological polar surface area (TPSA) is 62.2 Å². The first kappa shape index (κ1) is 24.6. The summed E-state index contributed by atoms with van der Waals surface area (Å²) in [5.41, 5.74) is 4.22. The van der Waals surface area contributed by atoms with Crippen LogP contribution in [0.3, 0.4) is 0 Å². The molecule has 1 aliphatic heterocycles. The fourth-order valence-electron chi connectivity index (χ4n) is 4.77. The van der Waals surface area contributed by atoms with Gasteiger partial charge >= 0.3 is 5.97 Å². The van der Waals surface area contributed by atoms with Gasteiger partial charge in [-0.15, -0.1) is 0 Å². The van der Waals surface area contributed by atoms with Crippen molar-refractivity contribution in [1.29, 1.82) is 0 Å². The van der Waals surface area contributed by atoms with Gasteiger partial charge in [0.05, 0.1) is 13.2 Å². The van der Waals surface area contributed by atoms with Gasteiger partial charge < -0.3 is 19.5 Å². The molecule has 1 N–H and O–H groups in total. The average molecular weight is 475 g/mol. The molecule has 0 saturated carbocycles. The van der Waals surface area contributed by atoms with Crippen LogP contribution in [0.15, 0.2) is 72.8 Å². The number of methoxy groups -OCH3 is 1. The predicted octanol–water partition coefficient (Wildman–Crippen LogP) is 5.37. The number of rotatable bonds is 9. The second-order valence-corrected chi connectivity index (χ2v) is 9.16. The lowest BCUT2D eigenvalue weighted by Crippen LogP contribution is -2.46. The Labute approximate surface area is 207 Å². The van der Waals surface area contributed by atoms with Crippen LogP contribution in [-0.2, 0) is 11.4 Å². The van der Waals surface area contributed by atoms with Crippen LogP contribution in [-0.4, -0.2) is 49.8 Å². The first-order chi connectivity index (χ1) is 17.0. The third-order valence-electron chi connectivity index (χ3n) is 6.63. The van der Waals surface area contributed by atoms with Crippen LogP contribution >= 0.6 is 0 Å². The van der Waals surface area contributed by atoms with E-state index >= 15 is 0 Å². The third-order valence-corrected chi connectivity index (χ3v) is 6.63. The molecule has 1 saturated heterocycles. The molecule has 0 radical (unpaired) electrons. The molecule has 1 heterocycles.